The Balaban J connectivity index is 2.95. The number of aliphatic hydroxyl groups is 1. The topological polar surface area (TPSA) is 55.5 Å². The molecular weight excluding hydrogens is 190 g/mol. The SMILES string of the molecule is COc1cccc([C@H](N)C(C)(C)CO)c1. The van der Waals surface area contributed by atoms with E-state index in [1.54, 1.807) is 7.11 Å². The quantitative estimate of drug-likeness (QED) is 0.793. The van der Waals surface area contributed by atoms with Crippen molar-refractivity contribution in [2.75, 3.05) is 13.7 Å². The van der Waals surface area contributed by atoms with Crippen LogP contribution in [0.3, 0.4) is 0 Å². The molecule has 0 aliphatic carbocycles. The highest BCUT2D eigenvalue weighted by molar-refractivity contribution is 5.31. The molecule has 0 saturated heterocycles. The number of nitrogens with two attached hydrogens (primary N) is 1. The Labute approximate surface area is 90.9 Å². The van der Waals surface area contributed by atoms with Crippen LogP contribution in [0.25, 0.3) is 0 Å². The van der Waals surface area contributed by atoms with Gasteiger partial charge < -0.3 is 15.6 Å². The minimum Gasteiger partial charge on any atom is -0.497 e. The number of methoxy groups -OCH3 is 1. The second-order valence-electron chi connectivity index (χ2n) is 4.40. The molecule has 1 atom stereocenters. The molecule has 0 aliphatic heterocycles. The first-order valence-corrected chi connectivity index (χ1v) is 5.01. The minimum atomic E-state index is -0.327. The van der Waals surface area contributed by atoms with E-state index in [0.717, 1.165) is 11.3 Å². The standard InChI is InChI=1S/C12H19NO2/c1-12(2,8-14)11(13)9-5-4-6-10(7-9)15-3/h4-7,11,14H,8,13H2,1-3H3/t11-/m0/s1. The van der Waals surface area contributed by atoms with Crippen LogP contribution in [-0.4, -0.2) is 18.8 Å². The van der Waals surface area contributed by atoms with Gasteiger partial charge in [0.2, 0.25) is 0 Å². The third kappa shape index (κ3) is 2.70. The van der Waals surface area contributed by atoms with Gasteiger partial charge in [0.15, 0.2) is 0 Å². The molecule has 1 aromatic carbocycles. The van der Waals surface area contributed by atoms with Crippen molar-refractivity contribution in [2.45, 2.75) is 19.9 Å². The molecule has 84 valence electrons. The maximum atomic E-state index is 9.24. The Bertz CT molecular complexity index is 323. The van der Waals surface area contributed by atoms with Crippen molar-refractivity contribution in [2.24, 2.45) is 11.1 Å². The predicted molar refractivity (Wildman–Crippen MR) is 60.8 cm³/mol. The summed E-state index contributed by atoms with van der Waals surface area (Å²) in [6.07, 6.45) is 0. The Morgan fingerprint density at radius 3 is 2.67 bits per heavy atom. The summed E-state index contributed by atoms with van der Waals surface area (Å²) < 4.78 is 5.13. The van der Waals surface area contributed by atoms with Gasteiger partial charge in [0, 0.05) is 18.1 Å². The molecule has 3 heteroatoms. The fourth-order valence-electron chi connectivity index (χ4n) is 1.38. The fourth-order valence-corrected chi connectivity index (χ4v) is 1.38. The van der Waals surface area contributed by atoms with E-state index in [1.165, 1.54) is 0 Å². The van der Waals surface area contributed by atoms with Crippen LogP contribution in [0.4, 0.5) is 0 Å². The van der Waals surface area contributed by atoms with Crippen LogP contribution in [-0.2, 0) is 0 Å². The minimum absolute atomic E-state index is 0.0609. The Hall–Kier alpha value is -1.06. The highest BCUT2D eigenvalue weighted by atomic mass is 16.5. The molecule has 0 unspecified atom stereocenters. The lowest BCUT2D eigenvalue weighted by molar-refractivity contribution is 0.132. The molecule has 3 nitrogen and oxygen atoms in total. The van der Waals surface area contributed by atoms with Crippen molar-refractivity contribution in [1.29, 1.82) is 0 Å². The van der Waals surface area contributed by atoms with Crippen molar-refractivity contribution in [3.63, 3.8) is 0 Å². The van der Waals surface area contributed by atoms with Gasteiger partial charge in [0.1, 0.15) is 5.75 Å². The van der Waals surface area contributed by atoms with Gasteiger partial charge >= 0.3 is 0 Å². The van der Waals surface area contributed by atoms with Crippen LogP contribution in [0.5, 0.6) is 5.75 Å². The van der Waals surface area contributed by atoms with Crippen LogP contribution in [0.1, 0.15) is 25.5 Å². The maximum Gasteiger partial charge on any atom is 0.119 e. The molecule has 0 aliphatic rings. The van der Waals surface area contributed by atoms with E-state index in [0.29, 0.717) is 0 Å². The second-order valence-corrected chi connectivity index (χ2v) is 4.40. The number of hydrogen-bond acceptors (Lipinski definition) is 3. The molecule has 0 amide bonds. The molecule has 0 saturated carbocycles. The van der Waals surface area contributed by atoms with E-state index in [1.807, 2.05) is 38.1 Å². The molecule has 15 heavy (non-hydrogen) atoms. The summed E-state index contributed by atoms with van der Waals surface area (Å²) in [6, 6.07) is 7.44. The monoisotopic (exact) mass is 209 g/mol. The largest absolute Gasteiger partial charge is 0.497 e. The van der Waals surface area contributed by atoms with Crippen LogP contribution in [0, 0.1) is 5.41 Å². The highest BCUT2D eigenvalue weighted by Crippen LogP contribution is 2.31. The number of aliphatic hydroxyl groups excluding tert-OH is 1. The number of ether oxygens (including phenoxy) is 1. The zero-order valence-corrected chi connectivity index (χ0v) is 9.53. The Morgan fingerprint density at radius 2 is 2.13 bits per heavy atom. The molecule has 0 fully saturated rings. The van der Waals surface area contributed by atoms with Crippen LogP contribution in [0.15, 0.2) is 24.3 Å². The molecule has 1 aromatic rings. The first kappa shape index (κ1) is 12.0. The third-order valence-electron chi connectivity index (χ3n) is 2.70. The van der Waals surface area contributed by atoms with E-state index in [9.17, 15) is 5.11 Å². The summed E-state index contributed by atoms with van der Waals surface area (Å²) in [7, 11) is 1.63. The van der Waals surface area contributed by atoms with E-state index in [2.05, 4.69) is 0 Å². The van der Waals surface area contributed by atoms with E-state index in [4.69, 9.17) is 10.5 Å². The highest BCUT2D eigenvalue weighted by Gasteiger charge is 2.26. The van der Waals surface area contributed by atoms with Gasteiger partial charge in [0.25, 0.3) is 0 Å². The summed E-state index contributed by atoms with van der Waals surface area (Å²) in [6.45, 7) is 3.94. The normalized spacial score (nSPS) is 13.7. The first-order chi connectivity index (χ1) is 7.01. The van der Waals surface area contributed by atoms with Gasteiger partial charge in [0.05, 0.1) is 7.11 Å². The maximum absolute atomic E-state index is 9.24. The summed E-state index contributed by atoms with van der Waals surface area (Å²) in [5.74, 6) is 0.789. The summed E-state index contributed by atoms with van der Waals surface area (Å²) in [5.41, 5.74) is 6.74. The summed E-state index contributed by atoms with van der Waals surface area (Å²) in [5, 5.41) is 9.24. The van der Waals surface area contributed by atoms with Gasteiger partial charge in [-0.15, -0.1) is 0 Å². The molecule has 0 spiro atoms. The van der Waals surface area contributed by atoms with Crippen molar-refractivity contribution < 1.29 is 9.84 Å². The van der Waals surface area contributed by atoms with Gasteiger partial charge in [-0.05, 0) is 17.7 Å². The molecular formula is C12H19NO2. The smallest absolute Gasteiger partial charge is 0.119 e. The Morgan fingerprint density at radius 1 is 1.47 bits per heavy atom. The van der Waals surface area contributed by atoms with Crippen molar-refractivity contribution >= 4 is 0 Å². The van der Waals surface area contributed by atoms with Crippen LogP contribution < -0.4 is 10.5 Å². The molecule has 0 aromatic heterocycles. The zero-order chi connectivity index (χ0) is 11.5. The second kappa shape index (κ2) is 4.64. The molecule has 0 radical (unpaired) electrons. The molecule has 0 heterocycles. The van der Waals surface area contributed by atoms with Gasteiger partial charge in [-0.25, -0.2) is 0 Å². The number of rotatable bonds is 4. The molecule has 3 N–H and O–H groups in total. The Kier molecular flexibility index (Phi) is 3.72. The van der Waals surface area contributed by atoms with E-state index >= 15 is 0 Å². The van der Waals surface area contributed by atoms with Gasteiger partial charge in [-0.2, -0.15) is 0 Å². The lowest BCUT2D eigenvalue weighted by atomic mass is 9.82. The zero-order valence-electron chi connectivity index (χ0n) is 9.53. The molecule has 0 bridgehead atoms. The fraction of sp³-hybridized carbons (Fsp3) is 0.500. The predicted octanol–water partition coefficient (Wildman–Crippen LogP) is 1.71. The first-order valence-electron chi connectivity index (χ1n) is 5.01. The van der Waals surface area contributed by atoms with Crippen molar-refractivity contribution in [3.8, 4) is 5.75 Å². The summed E-state index contributed by atoms with van der Waals surface area (Å²) >= 11 is 0. The van der Waals surface area contributed by atoms with Gasteiger partial charge in [-0.1, -0.05) is 26.0 Å². The van der Waals surface area contributed by atoms with Crippen molar-refractivity contribution in [3.05, 3.63) is 29.8 Å². The average molecular weight is 209 g/mol. The van der Waals surface area contributed by atoms with E-state index < -0.39 is 0 Å². The van der Waals surface area contributed by atoms with Crippen LogP contribution in [0.2, 0.25) is 0 Å². The third-order valence-corrected chi connectivity index (χ3v) is 2.70. The van der Waals surface area contributed by atoms with Crippen molar-refractivity contribution in [1.82, 2.24) is 0 Å². The number of benzene rings is 1. The summed E-state index contributed by atoms with van der Waals surface area (Å²) in [4.78, 5) is 0. The lowest BCUT2D eigenvalue weighted by Gasteiger charge is -2.29. The number of hydrogen-bond donors (Lipinski definition) is 2. The van der Waals surface area contributed by atoms with Gasteiger partial charge in [-0.3, -0.25) is 0 Å². The molecule has 1 rings (SSSR count). The lowest BCUT2D eigenvalue weighted by Crippen LogP contribution is -2.32. The van der Waals surface area contributed by atoms with E-state index in [-0.39, 0.29) is 18.1 Å². The average Bonchev–Trinajstić information content (AvgIpc) is 2.28. The van der Waals surface area contributed by atoms with Crippen LogP contribution >= 0.6 is 0 Å².